The molecule has 0 saturated heterocycles. The first kappa shape index (κ1) is 19.6. The molecule has 0 saturated carbocycles. The van der Waals surface area contributed by atoms with Crippen LogP contribution >= 0.6 is 15.9 Å². The molecule has 0 fully saturated rings. The molecule has 1 heterocycles. The van der Waals surface area contributed by atoms with Gasteiger partial charge in [-0.1, -0.05) is 15.9 Å². The Hall–Kier alpha value is -3.20. The average molecular weight is 445 g/mol. The van der Waals surface area contributed by atoms with Crippen molar-refractivity contribution in [1.29, 1.82) is 0 Å². The van der Waals surface area contributed by atoms with Gasteiger partial charge in [-0.3, -0.25) is 19.0 Å². The third-order valence-corrected chi connectivity index (χ3v) is 4.39. The van der Waals surface area contributed by atoms with Gasteiger partial charge in [0, 0.05) is 17.1 Å². The van der Waals surface area contributed by atoms with Gasteiger partial charge in [-0.15, -0.1) is 0 Å². The normalized spacial score (nSPS) is 10.5. The Morgan fingerprint density at radius 2 is 1.96 bits per heavy atom. The largest absolute Gasteiger partial charge is 0.495 e. The summed E-state index contributed by atoms with van der Waals surface area (Å²) in [6, 6.07) is 10.0. The molecule has 1 aromatic heterocycles. The van der Waals surface area contributed by atoms with Crippen LogP contribution in [0.2, 0.25) is 0 Å². The van der Waals surface area contributed by atoms with Crippen molar-refractivity contribution in [3.8, 4) is 5.75 Å². The second-order valence-corrected chi connectivity index (χ2v) is 6.90. The van der Waals surface area contributed by atoms with E-state index >= 15 is 0 Å². The smallest absolute Gasteiger partial charge is 0.261 e. The van der Waals surface area contributed by atoms with Crippen molar-refractivity contribution in [2.24, 2.45) is 0 Å². The minimum absolute atomic E-state index is 0.199. The number of rotatable bonds is 5. The molecular formula is C19H17BrN4O4. The third kappa shape index (κ3) is 4.37. The number of carbonyl (C=O) groups excluding carboxylic acids is 2. The fraction of sp³-hybridized carbons (Fsp3) is 0.158. The van der Waals surface area contributed by atoms with E-state index in [-0.39, 0.29) is 18.0 Å². The van der Waals surface area contributed by atoms with Crippen LogP contribution in [0.5, 0.6) is 5.75 Å². The van der Waals surface area contributed by atoms with E-state index in [0.29, 0.717) is 28.0 Å². The summed E-state index contributed by atoms with van der Waals surface area (Å²) in [4.78, 5) is 40.5. The Balaban J connectivity index is 1.81. The molecule has 9 heteroatoms. The summed E-state index contributed by atoms with van der Waals surface area (Å²) in [6.45, 7) is 1.18. The first-order valence-electron chi connectivity index (χ1n) is 8.27. The summed E-state index contributed by atoms with van der Waals surface area (Å²) < 4.78 is 7.18. The van der Waals surface area contributed by atoms with Gasteiger partial charge in [0.05, 0.1) is 30.0 Å². The van der Waals surface area contributed by atoms with E-state index < -0.39 is 5.91 Å². The molecule has 0 aliphatic carbocycles. The van der Waals surface area contributed by atoms with Gasteiger partial charge in [0.15, 0.2) is 0 Å². The van der Waals surface area contributed by atoms with Gasteiger partial charge in [0.1, 0.15) is 12.3 Å². The highest BCUT2D eigenvalue weighted by molar-refractivity contribution is 9.10. The van der Waals surface area contributed by atoms with Crippen molar-refractivity contribution in [2.45, 2.75) is 13.5 Å². The van der Waals surface area contributed by atoms with E-state index in [1.165, 1.54) is 24.9 Å². The van der Waals surface area contributed by atoms with E-state index in [9.17, 15) is 14.4 Å². The molecule has 2 N–H and O–H groups in total. The molecule has 2 aromatic carbocycles. The highest BCUT2D eigenvalue weighted by Crippen LogP contribution is 2.27. The highest BCUT2D eigenvalue weighted by atomic mass is 79.9. The van der Waals surface area contributed by atoms with Gasteiger partial charge in [-0.25, -0.2) is 4.98 Å². The van der Waals surface area contributed by atoms with Crippen LogP contribution in [0.15, 0.2) is 52.0 Å². The van der Waals surface area contributed by atoms with Crippen molar-refractivity contribution in [2.75, 3.05) is 17.7 Å². The molecule has 0 bridgehead atoms. The van der Waals surface area contributed by atoms with Gasteiger partial charge >= 0.3 is 0 Å². The number of halogens is 1. The summed E-state index contributed by atoms with van der Waals surface area (Å²) in [7, 11) is 1.48. The zero-order valence-corrected chi connectivity index (χ0v) is 16.7. The molecule has 3 rings (SSSR count). The van der Waals surface area contributed by atoms with Crippen molar-refractivity contribution < 1.29 is 14.3 Å². The molecule has 2 amide bonds. The molecular weight excluding hydrogens is 428 g/mol. The van der Waals surface area contributed by atoms with Crippen LogP contribution in [0.4, 0.5) is 11.4 Å². The molecule has 3 aromatic rings. The second kappa shape index (κ2) is 8.22. The van der Waals surface area contributed by atoms with Crippen LogP contribution in [0.25, 0.3) is 10.9 Å². The maximum atomic E-state index is 12.6. The topological polar surface area (TPSA) is 102 Å². The van der Waals surface area contributed by atoms with Crippen molar-refractivity contribution in [1.82, 2.24) is 9.55 Å². The van der Waals surface area contributed by atoms with Crippen LogP contribution in [0.3, 0.4) is 0 Å². The Labute approximate surface area is 168 Å². The number of anilines is 2. The summed E-state index contributed by atoms with van der Waals surface area (Å²) in [5.41, 5.74) is 1.14. The fourth-order valence-corrected chi connectivity index (χ4v) is 3.03. The minimum atomic E-state index is -0.405. The van der Waals surface area contributed by atoms with Gasteiger partial charge in [-0.05, 0) is 36.4 Å². The number of amides is 2. The lowest BCUT2D eigenvalue weighted by molar-refractivity contribution is -0.117. The second-order valence-electron chi connectivity index (χ2n) is 5.98. The van der Waals surface area contributed by atoms with Crippen LogP contribution in [-0.2, 0) is 16.1 Å². The molecule has 28 heavy (non-hydrogen) atoms. The molecule has 144 valence electrons. The number of hydrogen-bond acceptors (Lipinski definition) is 5. The monoisotopic (exact) mass is 444 g/mol. The number of carbonyl (C=O) groups is 2. The number of benzene rings is 2. The Kier molecular flexibility index (Phi) is 5.74. The molecule has 0 atom stereocenters. The number of ether oxygens (including phenoxy) is 1. The van der Waals surface area contributed by atoms with Crippen LogP contribution in [0.1, 0.15) is 6.92 Å². The third-order valence-electron chi connectivity index (χ3n) is 3.89. The van der Waals surface area contributed by atoms with E-state index in [1.807, 2.05) is 0 Å². The van der Waals surface area contributed by atoms with Crippen LogP contribution in [0, 0.1) is 0 Å². The first-order chi connectivity index (χ1) is 13.4. The predicted octanol–water partition coefficient (Wildman–Crippen LogP) is 2.76. The molecule has 0 aliphatic rings. The van der Waals surface area contributed by atoms with Crippen molar-refractivity contribution >= 4 is 50.0 Å². The average Bonchev–Trinajstić information content (AvgIpc) is 2.64. The van der Waals surface area contributed by atoms with E-state index in [4.69, 9.17) is 4.74 Å². The quantitative estimate of drug-likeness (QED) is 0.629. The number of fused-ring (bicyclic) bond motifs is 1. The molecule has 0 aliphatic heterocycles. The number of hydrogen-bond donors (Lipinski definition) is 2. The summed E-state index contributed by atoms with van der Waals surface area (Å²) >= 11 is 3.33. The highest BCUT2D eigenvalue weighted by Gasteiger charge is 2.11. The number of methoxy groups -OCH3 is 1. The van der Waals surface area contributed by atoms with E-state index in [1.54, 1.807) is 36.4 Å². The van der Waals surface area contributed by atoms with Gasteiger partial charge in [0.25, 0.3) is 5.56 Å². The molecule has 0 radical (unpaired) electrons. The number of nitrogens with zero attached hydrogens (tertiary/aromatic N) is 2. The van der Waals surface area contributed by atoms with Crippen molar-refractivity contribution in [3.05, 3.63) is 57.6 Å². The summed E-state index contributed by atoms with van der Waals surface area (Å²) in [5.74, 6) is -0.201. The number of aromatic nitrogens is 2. The molecule has 0 spiro atoms. The Morgan fingerprint density at radius 1 is 1.18 bits per heavy atom. The lowest BCUT2D eigenvalue weighted by Crippen LogP contribution is -2.28. The van der Waals surface area contributed by atoms with Gasteiger partial charge < -0.3 is 15.4 Å². The zero-order chi connectivity index (χ0) is 20.3. The SMILES string of the molecule is COc1ccc(NC(=O)Cn2cnc3ccc(Br)cc3c2=O)cc1NC(C)=O. The Bertz CT molecular complexity index is 1130. The lowest BCUT2D eigenvalue weighted by Gasteiger charge is -2.12. The summed E-state index contributed by atoms with van der Waals surface area (Å²) in [5, 5.41) is 5.76. The van der Waals surface area contributed by atoms with Gasteiger partial charge in [-0.2, -0.15) is 0 Å². The Morgan fingerprint density at radius 3 is 2.68 bits per heavy atom. The minimum Gasteiger partial charge on any atom is -0.495 e. The zero-order valence-electron chi connectivity index (χ0n) is 15.2. The predicted molar refractivity (Wildman–Crippen MR) is 110 cm³/mol. The van der Waals surface area contributed by atoms with Crippen molar-refractivity contribution in [3.63, 3.8) is 0 Å². The fourth-order valence-electron chi connectivity index (χ4n) is 2.67. The molecule has 8 nitrogen and oxygen atoms in total. The lowest BCUT2D eigenvalue weighted by atomic mass is 10.2. The van der Waals surface area contributed by atoms with Crippen LogP contribution in [-0.4, -0.2) is 28.5 Å². The first-order valence-corrected chi connectivity index (χ1v) is 9.07. The maximum Gasteiger partial charge on any atom is 0.261 e. The van der Waals surface area contributed by atoms with Crippen LogP contribution < -0.4 is 20.9 Å². The maximum absolute atomic E-state index is 12.6. The standard InChI is InChI=1S/C19H17BrN4O4/c1-11(25)22-16-8-13(4-6-17(16)28-2)23-18(26)9-24-10-21-15-5-3-12(20)7-14(15)19(24)27/h3-8,10H,9H2,1-2H3,(H,22,25)(H,23,26). The number of nitrogens with one attached hydrogen (secondary N) is 2. The van der Waals surface area contributed by atoms with E-state index in [2.05, 4.69) is 31.5 Å². The summed E-state index contributed by atoms with van der Waals surface area (Å²) in [6.07, 6.45) is 1.34. The van der Waals surface area contributed by atoms with E-state index in [0.717, 1.165) is 4.47 Å². The van der Waals surface area contributed by atoms with Gasteiger partial charge in [0.2, 0.25) is 11.8 Å². The molecule has 0 unspecified atom stereocenters.